The number of hydrazine groups is 1. The summed E-state index contributed by atoms with van der Waals surface area (Å²) in [6.45, 7) is 1.20. The molecule has 2 aromatic rings. The first-order valence-electron chi connectivity index (χ1n) is 8.84. The molecule has 1 aliphatic rings. The fraction of sp³-hybridized carbons (Fsp3) is 0.316. The van der Waals surface area contributed by atoms with Crippen molar-refractivity contribution in [2.24, 2.45) is 0 Å². The van der Waals surface area contributed by atoms with Crippen LogP contribution in [-0.2, 0) is 16.0 Å². The number of nitrogens with one attached hydrogen (secondary N) is 3. The smallest absolute Gasteiger partial charge is 0.257 e. The number of thiophene rings is 1. The van der Waals surface area contributed by atoms with Gasteiger partial charge in [-0.3, -0.25) is 25.2 Å². The first-order valence-corrected chi connectivity index (χ1v) is 9.78. The minimum Gasteiger partial charge on any atom is -0.362 e. The third-order valence-electron chi connectivity index (χ3n) is 4.30. The molecule has 0 bridgehead atoms. The Morgan fingerprint density at radius 3 is 2.70 bits per heavy atom. The van der Waals surface area contributed by atoms with Crippen LogP contribution in [0.25, 0.3) is 0 Å². The van der Waals surface area contributed by atoms with Gasteiger partial charge < -0.3 is 10.2 Å². The molecule has 1 aliphatic heterocycles. The van der Waals surface area contributed by atoms with Crippen LogP contribution < -0.4 is 21.1 Å². The monoisotopic (exact) mass is 386 g/mol. The van der Waals surface area contributed by atoms with Crippen LogP contribution in [0.2, 0.25) is 0 Å². The number of amides is 3. The summed E-state index contributed by atoms with van der Waals surface area (Å²) in [6.07, 6.45) is 2.10. The highest BCUT2D eigenvalue weighted by Gasteiger charge is 2.18. The number of rotatable bonds is 6. The summed E-state index contributed by atoms with van der Waals surface area (Å²) >= 11 is 1.44. The van der Waals surface area contributed by atoms with Crippen molar-refractivity contribution in [2.75, 3.05) is 24.5 Å². The Kier molecular flexibility index (Phi) is 6.43. The average Bonchev–Trinajstić information content (AvgIpc) is 3.21. The van der Waals surface area contributed by atoms with Gasteiger partial charge in [-0.15, -0.1) is 0 Å². The number of para-hydroxylation sites is 1. The van der Waals surface area contributed by atoms with Gasteiger partial charge in [-0.2, -0.15) is 11.3 Å². The van der Waals surface area contributed by atoms with Crippen LogP contribution in [0, 0.1) is 0 Å². The van der Waals surface area contributed by atoms with Gasteiger partial charge in [0.05, 0.1) is 6.54 Å². The number of nitrogens with zero attached hydrogens (tertiary/aromatic N) is 1. The molecule has 0 fully saturated rings. The van der Waals surface area contributed by atoms with Gasteiger partial charge >= 0.3 is 0 Å². The van der Waals surface area contributed by atoms with E-state index in [1.54, 1.807) is 11.4 Å². The lowest BCUT2D eigenvalue weighted by atomic mass is 10.0. The lowest BCUT2D eigenvalue weighted by molar-refractivity contribution is -0.128. The van der Waals surface area contributed by atoms with Crippen molar-refractivity contribution in [3.05, 3.63) is 52.2 Å². The number of carbonyl (C=O) groups excluding carboxylic acids is 3. The fourth-order valence-corrected chi connectivity index (χ4v) is 3.61. The van der Waals surface area contributed by atoms with E-state index in [1.165, 1.54) is 16.9 Å². The van der Waals surface area contributed by atoms with Crippen LogP contribution in [0.4, 0.5) is 5.69 Å². The standard InChI is InChI=1S/C19H22N4O3S/c24-17(7-9-20-19(26)15-8-11-27-13-15)21-22-18(25)12-23-10-3-5-14-4-1-2-6-16(14)23/h1-2,4,6,8,11,13H,3,5,7,9-10,12H2,(H,20,26)(H,21,24)(H,22,25). The molecule has 0 saturated carbocycles. The molecule has 3 N–H and O–H groups in total. The van der Waals surface area contributed by atoms with Gasteiger partial charge in [0.1, 0.15) is 0 Å². The van der Waals surface area contributed by atoms with Gasteiger partial charge in [0.25, 0.3) is 11.8 Å². The quantitative estimate of drug-likeness (QED) is 0.656. The van der Waals surface area contributed by atoms with Crippen molar-refractivity contribution >= 4 is 34.7 Å². The minimum absolute atomic E-state index is 0.0860. The minimum atomic E-state index is -0.354. The second-order valence-corrected chi connectivity index (χ2v) is 7.05. The third kappa shape index (κ3) is 5.30. The lowest BCUT2D eigenvalue weighted by Gasteiger charge is -2.30. The van der Waals surface area contributed by atoms with E-state index in [9.17, 15) is 14.4 Å². The normalized spacial score (nSPS) is 12.8. The van der Waals surface area contributed by atoms with Crippen LogP contribution in [0.1, 0.15) is 28.8 Å². The van der Waals surface area contributed by atoms with Gasteiger partial charge in [0.15, 0.2) is 0 Å². The number of aryl methyl sites for hydroxylation is 1. The zero-order valence-corrected chi connectivity index (χ0v) is 15.7. The Balaban J connectivity index is 1.37. The summed E-state index contributed by atoms with van der Waals surface area (Å²) in [5, 5.41) is 6.23. The zero-order chi connectivity index (χ0) is 19.1. The summed E-state index contributed by atoms with van der Waals surface area (Å²) in [5.74, 6) is -0.841. The second-order valence-electron chi connectivity index (χ2n) is 6.27. The number of anilines is 1. The highest BCUT2D eigenvalue weighted by Crippen LogP contribution is 2.26. The molecule has 0 spiro atoms. The van der Waals surface area contributed by atoms with E-state index >= 15 is 0 Å². The Labute approximate surface area is 161 Å². The molecule has 0 unspecified atom stereocenters. The molecule has 2 heterocycles. The van der Waals surface area contributed by atoms with Gasteiger partial charge in [-0.1, -0.05) is 18.2 Å². The Bertz CT molecular complexity index is 807. The highest BCUT2D eigenvalue weighted by molar-refractivity contribution is 7.08. The van der Waals surface area contributed by atoms with Gasteiger partial charge in [-0.05, 0) is 35.9 Å². The van der Waals surface area contributed by atoms with Gasteiger partial charge in [0, 0.05) is 36.1 Å². The zero-order valence-electron chi connectivity index (χ0n) is 14.9. The Morgan fingerprint density at radius 1 is 1.07 bits per heavy atom. The van der Waals surface area contributed by atoms with Crippen molar-refractivity contribution in [1.29, 1.82) is 0 Å². The molecule has 1 aromatic carbocycles. The second kappa shape index (κ2) is 9.18. The molecule has 0 saturated heterocycles. The van der Waals surface area contributed by atoms with E-state index in [1.807, 2.05) is 28.5 Å². The van der Waals surface area contributed by atoms with Gasteiger partial charge in [-0.25, -0.2) is 0 Å². The molecular formula is C19H22N4O3S. The van der Waals surface area contributed by atoms with Crippen LogP contribution in [-0.4, -0.2) is 37.4 Å². The maximum absolute atomic E-state index is 12.1. The molecule has 0 radical (unpaired) electrons. The number of carbonyl (C=O) groups is 3. The molecule has 7 nitrogen and oxygen atoms in total. The summed E-state index contributed by atoms with van der Waals surface area (Å²) in [7, 11) is 0. The van der Waals surface area contributed by atoms with E-state index in [4.69, 9.17) is 0 Å². The lowest BCUT2D eigenvalue weighted by Crippen LogP contribution is -2.47. The maximum atomic E-state index is 12.1. The van der Waals surface area contributed by atoms with E-state index in [0.29, 0.717) is 5.56 Å². The van der Waals surface area contributed by atoms with Crippen molar-refractivity contribution in [3.8, 4) is 0 Å². The first-order chi connectivity index (χ1) is 13.1. The van der Waals surface area contributed by atoms with Gasteiger partial charge in [0.2, 0.25) is 5.91 Å². The highest BCUT2D eigenvalue weighted by atomic mass is 32.1. The van der Waals surface area contributed by atoms with E-state index in [2.05, 4.69) is 22.2 Å². The van der Waals surface area contributed by atoms with Crippen LogP contribution in [0.3, 0.4) is 0 Å². The maximum Gasteiger partial charge on any atom is 0.257 e. The Morgan fingerprint density at radius 2 is 1.89 bits per heavy atom. The SMILES string of the molecule is O=C(CCNC(=O)c1ccsc1)NNC(=O)CN1CCCc2ccccc21. The summed E-state index contributed by atoms with van der Waals surface area (Å²) in [5.41, 5.74) is 7.71. The van der Waals surface area contributed by atoms with E-state index in [0.717, 1.165) is 25.1 Å². The molecule has 3 rings (SSSR count). The van der Waals surface area contributed by atoms with Crippen LogP contribution in [0.5, 0.6) is 0 Å². The molecule has 0 aliphatic carbocycles. The van der Waals surface area contributed by atoms with Crippen molar-refractivity contribution in [3.63, 3.8) is 0 Å². The predicted molar refractivity (Wildman–Crippen MR) is 105 cm³/mol. The first kappa shape index (κ1) is 18.9. The number of hydrogen-bond donors (Lipinski definition) is 3. The number of hydrogen-bond acceptors (Lipinski definition) is 5. The molecule has 142 valence electrons. The molecule has 0 atom stereocenters. The molecular weight excluding hydrogens is 364 g/mol. The van der Waals surface area contributed by atoms with Crippen LogP contribution in [0.15, 0.2) is 41.1 Å². The number of fused-ring (bicyclic) bond motifs is 1. The van der Waals surface area contributed by atoms with Crippen LogP contribution >= 0.6 is 11.3 Å². The largest absolute Gasteiger partial charge is 0.362 e. The summed E-state index contributed by atoms with van der Waals surface area (Å²) < 4.78 is 0. The number of benzene rings is 1. The average molecular weight is 386 g/mol. The summed E-state index contributed by atoms with van der Waals surface area (Å²) in [4.78, 5) is 37.7. The summed E-state index contributed by atoms with van der Waals surface area (Å²) in [6, 6.07) is 9.77. The van der Waals surface area contributed by atoms with E-state index in [-0.39, 0.29) is 37.2 Å². The molecule has 8 heteroatoms. The van der Waals surface area contributed by atoms with Crippen molar-refractivity contribution in [1.82, 2.24) is 16.2 Å². The molecule has 1 aromatic heterocycles. The fourth-order valence-electron chi connectivity index (χ4n) is 2.98. The van der Waals surface area contributed by atoms with E-state index < -0.39 is 0 Å². The Hall–Kier alpha value is -2.87. The molecule has 27 heavy (non-hydrogen) atoms. The topological polar surface area (TPSA) is 90.5 Å². The van der Waals surface area contributed by atoms with Crippen molar-refractivity contribution in [2.45, 2.75) is 19.3 Å². The third-order valence-corrected chi connectivity index (χ3v) is 4.99. The van der Waals surface area contributed by atoms with Crippen molar-refractivity contribution < 1.29 is 14.4 Å². The molecule has 3 amide bonds. The predicted octanol–water partition coefficient (Wildman–Crippen LogP) is 1.47.